The normalized spacial score (nSPS) is 12.4. The minimum Gasteiger partial charge on any atom is -0.306 e. The van der Waals surface area contributed by atoms with E-state index in [1.54, 1.807) is 0 Å². The van der Waals surface area contributed by atoms with Gasteiger partial charge >= 0.3 is 0 Å². The molecule has 0 radical (unpaired) electrons. The van der Waals surface area contributed by atoms with E-state index in [1.165, 1.54) is 23.3 Å². The van der Waals surface area contributed by atoms with Crippen LogP contribution in [0.5, 0.6) is 0 Å². The Kier molecular flexibility index (Phi) is 4.27. The van der Waals surface area contributed by atoms with Gasteiger partial charge in [-0.15, -0.1) is 0 Å². The highest BCUT2D eigenvalue weighted by molar-refractivity contribution is 5.28. The number of nitrogens with one attached hydrogen (secondary N) is 1. The summed E-state index contributed by atoms with van der Waals surface area (Å²) in [4.78, 5) is 0. The Bertz CT molecular complexity index is 566. The lowest BCUT2D eigenvalue weighted by Crippen LogP contribution is -2.19. The quantitative estimate of drug-likeness (QED) is 0.872. The fourth-order valence-electron chi connectivity index (χ4n) is 2.11. The summed E-state index contributed by atoms with van der Waals surface area (Å²) >= 11 is 0. The van der Waals surface area contributed by atoms with Crippen LogP contribution in [0.15, 0.2) is 42.5 Å². The Hall–Kier alpha value is -1.74. The Morgan fingerprint density at radius 2 is 1.84 bits per heavy atom. The predicted octanol–water partition coefficient (Wildman–Crippen LogP) is 4.12. The zero-order valence-electron chi connectivity index (χ0n) is 11.1. The van der Waals surface area contributed by atoms with Crippen LogP contribution in [0.3, 0.4) is 0 Å². The summed E-state index contributed by atoms with van der Waals surface area (Å²) in [7, 11) is 0. The highest BCUT2D eigenvalue weighted by Crippen LogP contribution is 2.18. The van der Waals surface area contributed by atoms with Crippen molar-refractivity contribution >= 4 is 0 Å². The molecule has 0 fully saturated rings. The number of halogens is 2. The average molecular weight is 261 g/mol. The van der Waals surface area contributed by atoms with Crippen molar-refractivity contribution in [2.45, 2.75) is 26.4 Å². The SMILES string of the molecule is Cc1ccccc1[C@@H](C)NCc1ccc(F)cc1F. The second-order valence-corrected chi connectivity index (χ2v) is 4.69. The van der Waals surface area contributed by atoms with Crippen LogP contribution in [0.2, 0.25) is 0 Å². The van der Waals surface area contributed by atoms with Gasteiger partial charge in [0.1, 0.15) is 11.6 Å². The van der Waals surface area contributed by atoms with Crippen molar-refractivity contribution < 1.29 is 8.78 Å². The first-order valence-electron chi connectivity index (χ1n) is 6.31. The van der Waals surface area contributed by atoms with Gasteiger partial charge in [0, 0.05) is 24.2 Å². The topological polar surface area (TPSA) is 12.0 Å². The molecule has 0 aliphatic carbocycles. The minimum atomic E-state index is -0.548. The van der Waals surface area contributed by atoms with Gasteiger partial charge < -0.3 is 5.32 Å². The molecule has 0 unspecified atom stereocenters. The van der Waals surface area contributed by atoms with Crippen LogP contribution < -0.4 is 5.32 Å². The molecule has 2 aromatic carbocycles. The summed E-state index contributed by atoms with van der Waals surface area (Å²) in [5.74, 6) is -1.06. The van der Waals surface area contributed by atoms with Gasteiger partial charge in [0.05, 0.1) is 0 Å². The summed E-state index contributed by atoms with van der Waals surface area (Å²) in [6.07, 6.45) is 0. The first-order chi connectivity index (χ1) is 9.08. The molecule has 0 aliphatic rings. The third-order valence-electron chi connectivity index (χ3n) is 3.27. The Balaban J connectivity index is 2.04. The van der Waals surface area contributed by atoms with E-state index in [0.29, 0.717) is 12.1 Å². The number of benzene rings is 2. The van der Waals surface area contributed by atoms with Gasteiger partial charge in [-0.25, -0.2) is 8.78 Å². The fraction of sp³-hybridized carbons (Fsp3) is 0.250. The van der Waals surface area contributed by atoms with E-state index in [0.717, 1.165) is 6.07 Å². The van der Waals surface area contributed by atoms with E-state index in [2.05, 4.69) is 5.32 Å². The molecule has 2 aromatic rings. The number of hydrogen-bond donors (Lipinski definition) is 1. The third kappa shape index (κ3) is 3.38. The monoisotopic (exact) mass is 261 g/mol. The second-order valence-electron chi connectivity index (χ2n) is 4.69. The van der Waals surface area contributed by atoms with Crippen molar-refractivity contribution in [1.29, 1.82) is 0 Å². The van der Waals surface area contributed by atoms with Crippen molar-refractivity contribution in [3.63, 3.8) is 0 Å². The maximum atomic E-state index is 13.5. The van der Waals surface area contributed by atoms with Crippen LogP contribution in [-0.4, -0.2) is 0 Å². The van der Waals surface area contributed by atoms with Crippen molar-refractivity contribution in [3.8, 4) is 0 Å². The molecule has 0 heterocycles. The van der Waals surface area contributed by atoms with E-state index in [-0.39, 0.29) is 6.04 Å². The molecular formula is C16H17F2N. The predicted molar refractivity (Wildman–Crippen MR) is 72.8 cm³/mol. The number of aryl methyl sites for hydroxylation is 1. The molecule has 1 N–H and O–H groups in total. The lowest BCUT2D eigenvalue weighted by atomic mass is 10.0. The zero-order valence-corrected chi connectivity index (χ0v) is 11.1. The molecule has 2 rings (SSSR count). The van der Waals surface area contributed by atoms with Crippen molar-refractivity contribution in [3.05, 3.63) is 70.8 Å². The molecule has 0 spiro atoms. The molecule has 1 nitrogen and oxygen atoms in total. The van der Waals surface area contributed by atoms with Gasteiger partial charge in [-0.3, -0.25) is 0 Å². The summed E-state index contributed by atoms with van der Waals surface area (Å²) in [6.45, 7) is 4.46. The molecule has 0 bridgehead atoms. The van der Waals surface area contributed by atoms with Crippen LogP contribution in [0.25, 0.3) is 0 Å². The first-order valence-corrected chi connectivity index (χ1v) is 6.31. The van der Waals surface area contributed by atoms with E-state index in [4.69, 9.17) is 0 Å². The van der Waals surface area contributed by atoms with Gasteiger partial charge in [-0.1, -0.05) is 30.3 Å². The maximum Gasteiger partial charge on any atom is 0.130 e. The highest BCUT2D eigenvalue weighted by Gasteiger charge is 2.09. The van der Waals surface area contributed by atoms with Crippen molar-refractivity contribution in [2.24, 2.45) is 0 Å². The Morgan fingerprint density at radius 3 is 2.53 bits per heavy atom. The van der Waals surface area contributed by atoms with Gasteiger partial charge in [-0.2, -0.15) is 0 Å². The lowest BCUT2D eigenvalue weighted by Gasteiger charge is -2.16. The standard InChI is InChI=1S/C16H17F2N/c1-11-5-3-4-6-15(11)12(2)19-10-13-7-8-14(17)9-16(13)18/h3-9,12,19H,10H2,1-2H3/t12-/m1/s1. The summed E-state index contributed by atoms with van der Waals surface area (Å²) in [5, 5.41) is 3.25. The number of rotatable bonds is 4. The van der Waals surface area contributed by atoms with Crippen LogP contribution >= 0.6 is 0 Å². The largest absolute Gasteiger partial charge is 0.306 e. The minimum absolute atomic E-state index is 0.116. The molecule has 0 amide bonds. The molecular weight excluding hydrogens is 244 g/mol. The molecule has 0 saturated heterocycles. The van der Waals surface area contributed by atoms with E-state index in [1.807, 2.05) is 38.1 Å². The fourth-order valence-corrected chi connectivity index (χ4v) is 2.11. The van der Waals surface area contributed by atoms with Crippen LogP contribution in [0.4, 0.5) is 8.78 Å². The smallest absolute Gasteiger partial charge is 0.130 e. The van der Waals surface area contributed by atoms with Crippen molar-refractivity contribution in [2.75, 3.05) is 0 Å². The van der Waals surface area contributed by atoms with Crippen LogP contribution in [-0.2, 0) is 6.54 Å². The van der Waals surface area contributed by atoms with Crippen LogP contribution in [0.1, 0.15) is 29.7 Å². The van der Waals surface area contributed by atoms with Gasteiger partial charge in [0.25, 0.3) is 0 Å². The molecule has 100 valence electrons. The Labute approximate surface area is 112 Å². The van der Waals surface area contributed by atoms with Gasteiger partial charge in [0.15, 0.2) is 0 Å². The second kappa shape index (κ2) is 5.93. The molecule has 19 heavy (non-hydrogen) atoms. The summed E-state index contributed by atoms with van der Waals surface area (Å²) in [5.41, 5.74) is 2.86. The van der Waals surface area contributed by atoms with E-state index in [9.17, 15) is 8.78 Å². The zero-order chi connectivity index (χ0) is 13.8. The van der Waals surface area contributed by atoms with E-state index >= 15 is 0 Å². The van der Waals surface area contributed by atoms with Gasteiger partial charge in [-0.05, 0) is 31.0 Å². The van der Waals surface area contributed by atoms with E-state index < -0.39 is 11.6 Å². The molecule has 0 saturated carbocycles. The Morgan fingerprint density at radius 1 is 1.11 bits per heavy atom. The maximum absolute atomic E-state index is 13.5. The highest BCUT2D eigenvalue weighted by atomic mass is 19.1. The number of hydrogen-bond acceptors (Lipinski definition) is 1. The summed E-state index contributed by atoms with van der Waals surface area (Å²) in [6, 6.07) is 11.9. The summed E-state index contributed by atoms with van der Waals surface area (Å²) < 4.78 is 26.3. The van der Waals surface area contributed by atoms with Crippen LogP contribution in [0, 0.1) is 18.6 Å². The van der Waals surface area contributed by atoms with Crippen molar-refractivity contribution in [1.82, 2.24) is 5.32 Å². The molecule has 0 aromatic heterocycles. The third-order valence-corrected chi connectivity index (χ3v) is 3.27. The average Bonchev–Trinajstić information content (AvgIpc) is 2.38. The first kappa shape index (κ1) is 13.7. The molecule has 0 aliphatic heterocycles. The lowest BCUT2D eigenvalue weighted by molar-refractivity contribution is 0.532. The van der Waals surface area contributed by atoms with Gasteiger partial charge in [0.2, 0.25) is 0 Å². The molecule has 1 atom stereocenters. The molecule has 3 heteroatoms.